The van der Waals surface area contributed by atoms with E-state index in [1.165, 1.54) is 0 Å². The maximum atomic E-state index is 12.9. The molecule has 0 spiro atoms. The fraction of sp³-hybridized carbons (Fsp3) is 0.533. The van der Waals surface area contributed by atoms with E-state index in [1.54, 1.807) is 0 Å². The number of likely N-dealkylation sites (N-methyl/N-ethyl adjacent to an activating group) is 1. The third-order valence-electron chi connectivity index (χ3n) is 4.19. The number of rotatable bonds is 6. The van der Waals surface area contributed by atoms with Gasteiger partial charge in [0.1, 0.15) is 0 Å². The Kier molecular flexibility index (Phi) is 4.30. The molecule has 5 nitrogen and oxygen atoms in total. The number of carbonyl (C=O) groups excluding carboxylic acids is 1. The van der Waals surface area contributed by atoms with Crippen molar-refractivity contribution in [3.05, 3.63) is 46.3 Å². The van der Waals surface area contributed by atoms with Crippen molar-refractivity contribution in [3.63, 3.8) is 0 Å². The molecule has 1 aliphatic rings. The highest BCUT2D eigenvalue weighted by molar-refractivity contribution is 5.92. The van der Waals surface area contributed by atoms with Gasteiger partial charge in [-0.2, -0.15) is 0 Å². The predicted molar refractivity (Wildman–Crippen MR) is 78.2 cm³/mol. The zero-order valence-electron chi connectivity index (χ0n) is 12.0. The fourth-order valence-corrected chi connectivity index (χ4v) is 2.95. The molecule has 1 unspecified atom stereocenters. The average molecular weight is 272 g/mol. The second kappa shape index (κ2) is 5.97. The molecule has 1 saturated carbocycles. The first-order valence-corrected chi connectivity index (χ1v) is 7.06. The number of nitrogens with zero attached hydrogens (tertiary/aromatic N) is 4. The van der Waals surface area contributed by atoms with Crippen molar-refractivity contribution in [1.29, 1.82) is 0 Å². The van der Waals surface area contributed by atoms with E-state index < -0.39 is 5.41 Å². The van der Waals surface area contributed by atoms with Gasteiger partial charge in [0.15, 0.2) is 0 Å². The van der Waals surface area contributed by atoms with Gasteiger partial charge in [-0.05, 0) is 37.3 Å². The first kappa shape index (κ1) is 14.4. The summed E-state index contributed by atoms with van der Waals surface area (Å²) >= 11 is 0. The molecule has 20 heavy (non-hydrogen) atoms. The van der Waals surface area contributed by atoms with E-state index in [2.05, 4.69) is 10.0 Å². The van der Waals surface area contributed by atoms with E-state index in [9.17, 15) is 4.79 Å². The van der Waals surface area contributed by atoms with Crippen LogP contribution in [0.15, 0.2) is 35.4 Å². The summed E-state index contributed by atoms with van der Waals surface area (Å²) < 4.78 is 0. The third-order valence-corrected chi connectivity index (χ3v) is 4.19. The smallest absolute Gasteiger partial charge is 0.233 e. The van der Waals surface area contributed by atoms with Gasteiger partial charge in [0.25, 0.3) is 0 Å². The number of azide groups is 1. The Morgan fingerprint density at radius 2 is 2.05 bits per heavy atom. The SMILES string of the molecule is CCN(CC)C(=O)C1(c2ccccc2)C[C@H]1CN=[N+]=[N-]. The Balaban J connectivity index is 2.32. The number of hydrogen-bond acceptors (Lipinski definition) is 2. The molecule has 106 valence electrons. The van der Waals surface area contributed by atoms with Gasteiger partial charge in [-0.25, -0.2) is 0 Å². The summed E-state index contributed by atoms with van der Waals surface area (Å²) in [7, 11) is 0. The van der Waals surface area contributed by atoms with Crippen molar-refractivity contribution in [2.24, 2.45) is 11.0 Å². The molecule has 1 aromatic rings. The van der Waals surface area contributed by atoms with Gasteiger partial charge in [-0.1, -0.05) is 35.4 Å². The lowest BCUT2D eigenvalue weighted by molar-refractivity contribution is -0.134. The van der Waals surface area contributed by atoms with Crippen LogP contribution in [-0.2, 0) is 10.2 Å². The van der Waals surface area contributed by atoms with Gasteiger partial charge in [0.2, 0.25) is 5.91 Å². The molecule has 0 bridgehead atoms. The van der Waals surface area contributed by atoms with Crippen molar-refractivity contribution in [2.45, 2.75) is 25.7 Å². The molecule has 1 aliphatic carbocycles. The Bertz CT molecular complexity index is 520. The van der Waals surface area contributed by atoms with Gasteiger partial charge in [-0.3, -0.25) is 4.79 Å². The van der Waals surface area contributed by atoms with E-state index in [0.717, 1.165) is 12.0 Å². The summed E-state index contributed by atoms with van der Waals surface area (Å²) in [6, 6.07) is 9.85. The lowest BCUT2D eigenvalue weighted by atomic mass is 9.91. The molecule has 1 aromatic carbocycles. The molecule has 0 N–H and O–H groups in total. The third kappa shape index (κ3) is 2.37. The van der Waals surface area contributed by atoms with Crippen LogP contribution in [-0.4, -0.2) is 30.4 Å². The molecule has 1 amide bonds. The number of hydrogen-bond donors (Lipinski definition) is 0. The number of carbonyl (C=O) groups is 1. The Hall–Kier alpha value is -2.00. The van der Waals surface area contributed by atoms with E-state index >= 15 is 0 Å². The molecule has 0 radical (unpaired) electrons. The maximum Gasteiger partial charge on any atom is 0.233 e. The summed E-state index contributed by atoms with van der Waals surface area (Å²) in [4.78, 5) is 17.5. The molecule has 2 rings (SSSR count). The highest BCUT2D eigenvalue weighted by Gasteiger charge is 2.61. The van der Waals surface area contributed by atoms with E-state index in [-0.39, 0.29) is 11.8 Å². The molecule has 1 fully saturated rings. The summed E-state index contributed by atoms with van der Waals surface area (Å²) in [5.74, 6) is 0.278. The van der Waals surface area contributed by atoms with Crippen molar-refractivity contribution < 1.29 is 4.79 Å². The van der Waals surface area contributed by atoms with Crippen molar-refractivity contribution in [3.8, 4) is 0 Å². The molecular weight excluding hydrogens is 252 g/mol. The standard InChI is InChI=1S/C15H20N4O/c1-3-19(4-2)14(20)15(10-13(15)11-17-18-16)12-8-6-5-7-9-12/h5-9,13H,3-4,10-11H2,1-2H3/t13-,15?/m0/s1. The Morgan fingerprint density at radius 3 is 2.60 bits per heavy atom. The number of amides is 1. The van der Waals surface area contributed by atoms with Crippen molar-refractivity contribution >= 4 is 5.91 Å². The van der Waals surface area contributed by atoms with Gasteiger partial charge >= 0.3 is 0 Å². The minimum absolute atomic E-state index is 0.119. The minimum atomic E-state index is -0.485. The molecule has 0 aromatic heterocycles. The maximum absolute atomic E-state index is 12.9. The molecule has 0 heterocycles. The molecule has 0 saturated heterocycles. The fourth-order valence-electron chi connectivity index (χ4n) is 2.95. The molecular formula is C15H20N4O. The largest absolute Gasteiger partial charge is 0.342 e. The van der Waals surface area contributed by atoms with Gasteiger partial charge in [0.05, 0.1) is 5.41 Å². The highest BCUT2D eigenvalue weighted by Crippen LogP contribution is 2.55. The highest BCUT2D eigenvalue weighted by atomic mass is 16.2. The second-order valence-electron chi connectivity index (χ2n) is 5.13. The zero-order chi connectivity index (χ0) is 14.6. The van der Waals surface area contributed by atoms with Crippen LogP contribution in [0.3, 0.4) is 0 Å². The minimum Gasteiger partial charge on any atom is -0.342 e. The van der Waals surface area contributed by atoms with Crippen LogP contribution < -0.4 is 0 Å². The summed E-state index contributed by atoms with van der Waals surface area (Å²) in [6.07, 6.45) is 0.769. The van der Waals surface area contributed by atoms with E-state index in [1.807, 2.05) is 49.1 Å². The monoisotopic (exact) mass is 272 g/mol. The Morgan fingerprint density at radius 1 is 1.40 bits per heavy atom. The van der Waals surface area contributed by atoms with E-state index in [4.69, 9.17) is 5.53 Å². The van der Waals surface area contributed by atoms with Crippen LogP contribution >= 0.6 is 0 Å². The Labute approximate surface area is 119 Å². The molecule has 0 aliphatic heterocycles. The summed E-state index contributed by atoms with van der Waals surface area (Å²) in [5.41, 5.74) is 9.04. The molecule has 2 atom stereocenters. The second-order valence-corrected chi connectivity index (χ2v) is 5.13. The van der Waals surface area contributed by atoms with Gasteiger partial charge < -0.3 is 4.90 Å². The normalized spacial score (nSPS) is 23.8. The van der Waals surface area contributed by atoms with Gasteiger partial charge in [0, 0.05) is 24.5 Å². The first-order valence-electron chi connectivity index (χ1n) is 7.06. The average Bonchev–Trinajstić information content (AvgIpc) is 3.23. The van der Waals surface area contributed by atoms with Crippen LogP contribution in [0, 0.1) is 5.92 Å². The van der Waals surface area contributed by atoms with Crippen LogP contribution in [0.2, 0.25) is 0 Å². The van der Waals surface area contributed by atoms with E-state index in [0.29, 0.717) is 19.6 Å². The van der Waals surface area contributed by atoms with Crippen molar-refractivity contribution in [1.82, 2.24) is 4.90 Å². The predicted octanol–water partition coefficient (Wildman–Crippen LogP) is 3.12. The zero-order valence-corrected chi connectivity index (χ0v) is 12.0. The van der Waals surface area contributed by atoms with Gasteiger partial charge in [-0.15, -0.1) is 0 Å². The number of benzene rings is 1. The van der Waals surface area contributed by atoms with Crippen LogP contribution in [0.5, 0.6) is 0 Å². The van der Waals surface area contributed by atoms with Crippen LogP contribution in [0.25, 0.3) is 10.4 Å². The van der Waals surface area contributed by atoms with Crippen molar-refractivity contribution in [2.75, 3.05) is 19.6 Å². The quantitative estimate of drug-likeness (QED) is 0.445. The summed E-state index contributed by atoms with van der Waals surface area (Å²) in [6.45, 7) is 5.78. The molecule has 5 heteroatoms. The topological polar surface area (TPSA) is 69.1 Å². The van der Waals surface area contributed by atoms with Crippen LogP contribution in [0.4, 0.5) is 0 Å². The summed E-state index contributed by atoms with van der Waals surface area (Å²) in [5, 5.41) is 3.66. The van der Waals surface area contributed by atoms with Crippen LogP contribution in [0.1, 0.15) is 25.8 Å². The lowest BCUT2D eigenvalue weighted by Crippen LogP contribution is -2.40. The lowest BCUT2D eigenvalue weighted by Gasteiger charge is -2.26. The first-order chi connectivity index (χ1) is 9.70.